The third kappa shape index (κ3) is 4.48. The molecule has 0 aromatic heterocycles. The van der Waals surface area contributed by atoms with Crippen LogP contribution in [0.15, 0.2) is 53.5 Å². The van der Waals surface area contributed by atoms with Crippen molar-refractivity contribution in [1.29, 1.82) is 0 Å². The highest BCUT2D eigenvalue weighted by molar-refractivity contribution is 6.30. The van der Waals surface area contributed by atoms with E-state index in [1.807, 2.05) is 18.2 Å². The number of guanidine groups is 1. The van der Waals surface area contributed by atoms with E-state index in [1.165, 1.54) is 0 Å². The lowest BCUT2D eigenvalue weighted by Crippen LogP contribution is -2.26. The molecule has 4 N–H and O–H groups in total. The molecule has 2 aromatic rings. The third-order valence-electron chi connectivity index (χ3n) is 3.14. The zero-order chi connectivity index (χ0) is 16.1. The van der Waals surface area contributed by atoms with Crippen LogP contribution in [0, 0.1) is 0 Å². The van der Waals surface area contributed by atoms with E-state index >= 15 is 0 Å². The van der Waals surface area contributed by atoms with Crippen LogP contribution in [-0.4, -0.2) is 11.9 Å². The molecule has 6 heteroatoms. The number of benzene rings is 2. The van der Waals surface area contributed by atoms with Gasteiger partial charge in [-0.1, -0.05) is 47.5 Å². The van der Waals surface area contributed by atoms with Gasteiger partial charge in [0.2, 0.25) is 0 Å². The minimum absolute atomic E-state index is 0.256. The van der Waals surface area contributed by atoms with Gasteiger partial charge in [0.15, 0.2) is 5.96 Å². The maximum Gasteiger partial charge on any atom is 0.256 e. The Morgan fingerprint density at radius 2 is 1.73 bits per heavy atom. The van der Waals surface area contributed by atoms with E-state index in [4.69, 9.17) is 34.7 Å². The minimum atomic E-state index is -0.512. The Labute approximate surface area is 138 Å². The van der Waals surface area contributed by atoms with Gasteiger partial charge in [-0.15, -0.1) is 0 Å². The number of nitrogens with two attached hydrogens (primary N) is 2. The van der Waals surface area contributed by atoms with E-state index in [9.17, 15) is 4.79 Å². The van der Waals surface area contributed by atoms with Gasteiger partial charge < -0.3 is 11.5 Å². The topological polar surface area (TPSA) is 81.5 Å². The number of halogens is 2. The van der Waals surface area contributed by atoms with Crippen LogP contribution in [0.1, 0.15) is 17.0 Å². The summed E-state index contributed by atoms with van der Waals surface area (Å²) in [4.78, 5) is 16.0. The zero-order valence-electron chi connectivity index (χ0n) is 11.7. The molecule has 0 spiro atoms. The van der Waals surface area contributed by atoms with Crippen molar-refractivity contribution in [2.75, 3.05) is 0 Å². The Balaban J connectivity index is 2.35. The minimum Gasteiger partial charge on any atom is -0.370 e. The Bertz CT molecular complexity index is 695. The number of nitrogens with zero attached hydrogens (tertiary/aromatic N) is 1. The summed E-state index contributed by atoms with van der Waals surface area (Å²) in [6.07, 6.45) is 0.452. The summed E-state index contributed by atoms with van der Waals surface area (Å²) >= 11 is 11.9. The average molecular weight is 336 g/mol. The molecule has 22 heavy (non-hydrogen) atoms. The highest BCUT2D eigenvalue weighted by Gasteiger charge is 2.21. The SMILES string of the molecule is NC(N)=NC(=O)[C@H](Cc1ccc(Cl)cc1)c1cccc(Cl)c1. The second kappa shape index (κ2) is 7.29. The molecule has 2 rings (SSSR count). The summed E-state index contributed by atoms with van der Waals surface area (Å²) in [7, 11) is 0. The van der Waals surface area contributed by atoms with E-state index in [-0.39, 0.29) is 5.96 Å². The van der Waals surface area contributed by atoms with Crippen molar-refractivity contribution < 1.29 is 4.79 Å². The van der Waals surface area contributed by atoms with Crippen LogP contribution in [0.4, 0.5) is 0 Å². The second-order valence-electron chi connectivity index (χ2n) is 4.81. The number of carbonyl (C=O) groups excluding carboxylic acids is 1. The summed E-state index contributed by atoms with van der Waals surface area (Å²) in [5, 5.41) is 1.19. The average Bonchev–Trinajstić information content (AvgIpc) is 2.45. The maximum atomic E-state index is 12.3. The molecule has 0 unspecified atom stereocenters. The van der Waals surface area contributed by atoms with Crippen LogP contribution >= 0.6 is 23.2 Å². The molecule has 0 fully saturated rings. The Morgan fingerprint density at radius 1 is 1.05 bits per heavy atom. The number of hydrogen-bond acceptors (Lipinski definition) is 1. The van der Waals surface area contributed by atoms with Crippen molar-refractivity contribution in [1.82, 2.24) is 0 Å². The first-order valence-electron chi connectivity index (χ1n) is 6.59. The highest BCUT2D eigenvalue weighted by Crippen LogP contribution is 2.25. The summed E-state index contributed by atoms with van der Waals surface area (Å²) in [5.74, 6) is -1.17. The predicted molar refractivity (Wildman–Crippen MR) is 90.2 cm³/mol. The van der Waals surface area contributed by atoms with Crippen LogP contribution in [0.25, 0.3) is 0 Å². The summed E-state index contributed by atoms with van der Waals surface area (Å²) in [6, 6.07) is 14.4. The molecule has 114 valence electrons. The Hall–Kier alpha value is -2.04. The molecule has 4 nitrogen and oxygen atoms in total. The monoisotopic (exact) mass is 335 g/mol. The van der Waals surface area contributed by atoms with Crippen molar-refractivity contribution in [3.8, 4) is 0 Å². The van der Waals surface area contributed by atoms with Crippen molar-refractivity contribution in [2.45, 2.75) is 12.3 Å². The number of hydrogen-bond donors (Lipinski definition) is 2. The molecule has 0 radical (unpaired) electrons. The second-order valence-corrected chi connectivity index (χ2v) is 5.69. The Morgan fingerprint density at radius 3 is 2.32 bits per heavy atom. The van der Waals surface area contributed by atoms with Crippen LogP contribution in [0.2, 0.25) is 10.0 Å². The van der Waals surface area contributed by atoms with Crippen LogP contribution in [-0.2, 0) is 11.2 Å². The fourth-order valence-corrected chi connectivity index (χ4v) is 2.46. The normalized spacial score (nSPS) is 11.7. The van der Waals surface area contributed by atoms with E-state index < -0.39 is 11.8 Å². The Kier molecular flexibility index (Phi) is 5.41. The number of rotatable bonds is 4. The van der Waals surface area contributed by atoms with Crippen molar-refractivity contribution in [2.24, 2.45) is 16.5 Å². The van der Waals surface area contributed by atoms with Crippen LogP contribution in [0.5, 0.6) is 0 Å². The van der Waals surface area contributed by atoms with Gasteiger partial charge in [-0.25, -0.2) is 0 Å². The van der Waals surface area contributed by atoms with Crippen LogP contribution in [0.3, 0.4) is 0 Å². The summed E-state index contributed by atoms with van der Waals surface area (Å²) < 4.78 is 0. The largest absolute Gasteiger partial charge is 0.370 e. The molecular weight excluding hydrogens is 321 g/mol. The van der Waals surface area contributed by atoms with Crippen molar-refractivity contribution >= 4 is 35.1 Å². The summed E-state index contributed by atoms with van der Waals surface area (Å²) in [6.45, 7) is 0. The first-order chi connectivity index (χ1) is 10.5. The number of aliphatic imine (C=N–C) groups is 1. The molecule has 1 atom stereocenters. The smallest absolute Gasteiger partial charge is 0.256 e. The van der Waals surface area contributed by atoms with E-state index in [0.717, 1.165) is 11.1 Å². The molecule has 0 aliphatic heterocycles. The first kappa shape index (κ1) is 16.3. The van der Waals surface area contributed by atoms with E-state index in [1.54, 1.807) is 30.3 Å². The molecule has 2 aromatic carbocycles. The number of carbonyl (C=O) groups is 1. The van der Waals surface area contributed by atoms with Crippen molar-refractivity contribution in [3.05, 3.63) is 69.7 Å². The lowest BCUT2D eigenvalue weighted by atomic mass is 9.91. The van der Waals surface area contributed by atoms with Gasteiger partial charge in [-0.2, -0.15) is 4.99 Å². The molecule has 0 aliphatic carbocycles. The molecule has 0 heterocycles. The lowest BCUT2D eigenvalue weighted by Gasteiger charge is -2.14. The van der Waals surface area contributed by atoms with Gasteiger partial charge in [0.1, 0.15) is 0 Å². The molecule has 0 bridgehead atoms. The van der Waals surface area contributed by atoms with E-state index in [2.05, 4.69) is 4.99 Å². The lowest BCUT2D eigenvalue weighted by molar-refractivity contribution is -0.119. The molecule has 0 aliphatic rings. The molecule has 0 saturated carbocycles. The standard InChI is InChI=1S/C16H15Cl2N3O/c17-12-6-4-10(5-7-12)8-14(15(22)21-16(19)20)11-2-1-3-13(18)9-11/h1-7,9,14H,8H2,(H4,19,20,21,22)/t14-/m1/s1. The fourth-order valence-electron chi connectivity index (χ4n) is 2.13. The van der Waals surface area contributed by atoms with Crippen LogP contribution < -0.4 is 11.5 Å². The molecular formula is C16H15Cl2N3O. The number of amides is 1. The van der Waals surface area contributed by atoms with Gasteiger partial charge in [-0.3, -0.25) is 4.79 Å². The first-order valence-corrected chi connectivity index (χ1v) is 7.34. The van der Waals surface area contributed by atoms with Crippen molar-refractivity contribution in [3.63, 3.8) is 0 Å². The van der Waals surface area contributed by atoms with Gasteiger partial charge in [-0.05, 0) is 41.8 Å². The molecule has 1 amide bonds. The van der Waals surface area contributed by atoms with Gasteiger partial charge in [0.05, 0.1) is 5.92 Å². The quantitative estimate of drug-likeness (QED) is 0.665. The van der Waals surface area contributed by atoms with Gasteiger partial charge in [0, 0.05) is 10.0 Å². The fraction of sp³-hybridized carbons (Fsp3) is 0.125. The predicted octanol–water partition coefficient (Wildman–Crippen LogP) is 3.12. The molecule has 0 saturated heterocycles. The third-order valence-corrected chi connectivity index (χ3v) is 3.63. The maximum absolute atomic E-state index is 12.3. The highest BCUT2D eigenvalue weighted by atomic mass is 35.5. The summed E-state index contributed by atoms with van der Waals surface area (Å²) in [5.41, 5.74) is 12.3. The van der Waals surface area contributed by atoms with Gasteiger partial charge >= 0.3 is 0 Å². The van der Waals surface area contributed by atoms with E-state index in [0.29, 0.717) is 16.5 Å². The zero-order valence-corrected chi connectivity index (χ0v) is 13.2. The van der Waals surface area contributed by atoms with Gasteiger partial charge in [0.25, 0.3) is 5.91 Å².